The number of halogens is 3. The lowest BCUT2D eigenvalue weighted by atomic mass is 9.70. The van der Waals surface area contributed by atoms with Gasteiger partial charge in [0.05, 0.1) is 22.5 Å². The summed E-state index contributed by atoms with van der Waals surface area (Å²) in [5, 5.41) is 16.1. The van der Waals surface area contributed by atoms with Gasteiger partial charge in [0.25, 0.3) is 17.7 Å². The molecule has 1 aliphatic carbocycles. The normalized spacial score (nSPS) is 15.7. The minimum absolute atomic E-state index is 0.00736. The van der Waals surface area contributed by atoms with Gasteiger partial charge in [-0.15, -0.1) is 0 Å². The van der Waals surface area contributed by atoms with Gasteiger partial charge in [0, 0.05) is 61.0 Å². The van der Waals surface area contributed by atoms with E-state index in [0.29, 0.717) is 34.5 Å². The third-order valence-corrected chi connectivity index (χ3v) is 10.1. The fourth-order valence-electron chi connectivity index (χ4n) is 7.08. The summed E-state index contributed by atoms with van der Waals surface area (Å²) in [7, 11) is 1.83. The first-order valence-electron chi connectivity index (χ1n) is 16.6. The predicted octanol–water partition coefficient (Wildman–Crippen LogP) is 7.91. The van der Waals surface area contributed by atoms with E-state index in [1.54, 1.807) is 18.2 Å². The lowest BCUT2D eigenvalue weighted by Gasteiger charge is -2.51. The Labute approximate surface area is 287 Å². The maximum Gasteiger partial charge on any atom is 0.290 e. The van der Waals surface area contributed by atoms with Crippen molar-refractivity contribution in [1.29, 1.82) is 0 Å². The molecule has 1 spiro atoms. The van der Waals surface area contributed by atoms with Crippen LogP contribution in [0.15, 0.2) is 97.2 Å². The van der Waals surface area contributed by atoms with Crippen molar-refractivity contribution in [3.05, 3.63) is 131 Å². The number of anilines is 2. The van der Waals surface area contributed by atoms with Crippen LogP contribution in [0, 0.1) is 5.82 Å². The predicted molar refractivity (Wildman–Crippen MR) is 184 cm³/mol. The Bertz CT molecular complexity index is 2040. The van der Waals surface area contributed by atoms with Crippen molar-refractivity contribution in [2.45, 2.75) is 49.5 Å². The fourth-order valence-corrected chi connectivity index (χ4v) is 7.08. The summed E-state index contributed by atoms with van der Waals surface area (Å²) in [6.07, 6.45) is 4.04. The Morgan fingerprint density at radius 3 is 2.46 bits per heavy atom. The van der Waals surface area contributed by atoms with Gasteiger partial charge >= 0.3 is 0 Å². The number of aromatic amines is 1. The number of phenolic OH excluding ortho intramolecular Hbond substituents is 1. The van der Waals surface area contributed by atoms with Gasteiger partial charge in [-0.1, -0.05) is 42.5 Å². The topological polar surface area (TPSA) is 110 Å². The Morgan fingerprint density at radius 2 is 1.76 bits per heavy atom. The van der Waals surface area contributed by atoms with Crippen LogP contribution in [0.1, 0.15) is 69.3 Å². The average Bonchev–Trinajstić information content (AvgIpc) is 3.46. The number of phenols is 1. The van der Waals surface area contributed by atoms with Crippen LogP contribution in [0.5, 0.6) is 5.75 Å². The summed E-state index contributed by atoms with van der Waals surface area (Å²) < 4.78 is 46.5. The molecule has 50 heavy (non-hydrogen) atoms. The van der Waals surface area contributed by atoms with Crippen LogP contribution in [0.25, 0.3) is 11.3 Å². The van der Waals surface area contributed by atoms with Crippen molar-refractivity contribution in [3.63, 3.8) is 0 Å². The molecule has 0 radical (unpaired) electrons. The first kappa shape index (κ1) is 32.9. The molecule has 2 amide bonds. The molecule has 2 aromatic heterocycles. The minimum Gasteiger partial charge on any atom is -0.507 e. The summed E-state index contributed by atoms with van der Waals surface area (Å²) >= 11 is 0. The summed E-state index contributed by atoms with van der Waals surface area (Å²) in [6, 6.07) is 23.4. The van der Waals surface area contributed by atoms with Gasteiger partial charge in [0.1, 0.15) is 17.3 Å². The molecular weight excluding hydrogens is 643 g/mol. The number of hydrogen-bond acceptors (Lipinski definition) is 5. The van der Waals surface area contributed by atoms with Crippen molar-refractivity contribution in [2.24, 2.45) is 0 Å². The summed E-state index contributed by atoms with van der Waals surface area (Å²) in [4.78, 5) is 36.1. The number of pyridine rings is 1. The van der Waals surface area contributed by atoms with Gasteiger partial charge in [0.2, 0.25) is 0 Å². The molecule has 0 saturated heterocycles. The number of carbonyl (C=O) groups excluding carboxylic acids is 2. The first-order valence-corrected chi connectivity index (χ1v) is 16.6. The number of carbonyl (C=O) groups is 2. The summed E-state index contributed by atoms with van der Waals surface area (Å²) in [5.74, 6) is -5.94. The van der Waals surface area contributed by atoms with Gasteiger partial charge in [-0.3, -0.25) is 14.6 Å². The molecule has 5 aromatic rings. The smallest absolute Gasteiger partial charge is 0.290 e. The number of nitrogens with one attached hydrogen (secondary N) is 3. The second-order valence-electron chi connectivity index (χ2n) is 13.2. The van der Waals surface area contributed by atoms with E-state index in [-0.39, 0.29) is 29.3 Å². The molecular formula is C39H36F3N5O3. The maximum absolute atomic E-state index is 16.3. The highest BCUT2D eigenvalue weighted by Crippen LogP contribution is 2.48. The van der Waals surface area contributed by atoms with E-state index in [0.717, 1.165) is 30.6 Å². The number of likely N-dealkylation sites (N-methyl/N-ethyl adjacent to an activating group) is 1. The summed E-state index contributed by atoms with van der Waals surface area (Å²) in [6.45, 7) is -0.208. The Kier molecular flexibility index (Phi) is 8.59. The van der Waals surface area contributed by atoms with Crippen molar-refractivity contribution in [3.8, 4) is 17.0 Å². The number of benzene rings is 3. The van der Waals surface area contributed by atoms with E-state index in [1.807, 2.05) is 42.3 Å². The lowest BCUT2D eigenvalue weighted by Crippen LogP contribution is -2.58. The quantitative estimate of drug-likeness (QED) is 0.120. The molecule has 1 aliphatic heterocycles. The lowest BCUT2D eigenvalue weighted by molar-refractivity contribution is -0.0245. The van der Waals surface area contributed by atoms with Gasteiger partial charge in [-0.05, 0) is 73.4 Å². The second-order valence-corrected chi connectivity index (χ2v) is 13.2. The molecule has 2 aliphatic rings. The van der Waals surface area contributed by atoms with Crippen LogP contribution < -0.4 is 10.6 Å². The molecule has 8 nitrogen and oxygen atoms in total. The number of fused-ring (bicyclic) bond motifs is 1. The van der Waals surface area contributed by atoms with E-state index >= 15 is 8.78 Å². The van der Waals surface area contributed by atoms with Crippen molar-refractivity contribution < 1.29 is 27.9 Å². The molecule has 256 valence electrons. The monoisotopic (exact) mass is 679 g/mol. The molecule has 7 rings (SSSR count). The van der Waals surface area contributed by atoms with Crippen LogP contribution in [-0.2, 0) is 12.3 Å². The Balaban J connectivity index is 1.22. The molecule has 4 N–H and O–H groups in total. The van der Waals surface area contributed by atoms with Gasteiger partial charge in [0.15, 0.2) is 0 Å². The SMILES string of the molecule is CN1C(=O)c2c([nH]c(-c3ccnc(C(F)(F)CC(CNC(=O)c4ccccc4O)c4ccc(F)cc4)c3)c2Nc2ccccc2)CC12CCC2. The number of aromatic nitrogens is 2. The second kappa shape index (κ2) is 13.0. The van der Waals surface area contributed by atoms with Crippen molar-refractivity contribution in [1.82, 2.24) is 20.2 Å². The van der Waals surface area contributed by atoms with Crippen molar-refractivity contribution in [2.75, 3.05) is 18.9 Å². The van der Waals surface area contributed by atoms with Gasteiger partial charge in [-0.2, -0.15) is 8.78 Å². The van der Waals surface area contributed by atoms with Crippen LogP contribution in [0.3, 0.4) is 0 Å². The third kappa shape index (κ3) is 6.19. The third-order valence-electron chi connectivity index (χ3n) is 10.1. The number of rotatable bonds is 10. The molecule has 3 heterocycles. The zero-order valence-corrected chi connectivity index (χ0v) is 27.3. The zero-order valence-electron chi connectivity index (χ0n) is 27.3. The van der Waals surface area contributed by atoms with Crippen molar-refractivity contribution >= 4 is 23.2 Å². The van der Waals surface area contributed by atoms with Crippen LogP contribution >= 0.6 is 0 Å². The van der Waals surface area contributed by atoms with E-state index < -0.39 is 35.7 Å². The van der Waals surface area contributed by atoms with Crippen LogP contribution in [0.2, 0.25) is 0 Å². The van der Waals surface area contributed by atoms with E-state index in [2.05, 4.69) is 20.6 Å². The van der Waals surface area contributed by atoms with Gasteiger partial charge < -0.3 is 25.6 Å². The molecule has 1 atom stereocenters. The standard InChI is InChI=1S/C39H36F3N5O3/c1-47-37(50)33-30(22-38(47)17-7-18-38)46-34(35(33)45-28-8-3-2-4-9-28)25-16-19-43-32(20-25)39(41,42)21-26(24-12-14-27(40)15-13-24)23-44-36(49)29-10-5-6-11-31(29)48/h2-6,8-16,19-20,26,45-46,48H,7,17-18,21-23H2,1H3,(H,44,49). The van der Waals surface area contributed by atoms with E-state index in [4.69, 9.17) is 0 Å². The molecule has 3 aromatic carbocycles. The highest BCUT2D eigenvalue weighted by molar-refractivity contribution is 6.06. The summed E-state index contributed by atoms with van der Waals surface area (Å²) in [5.41, 5.74) is 3.09. The van der Waals surface area contributed by atoms with Gasteiger partial charge in [-0.25, -0.2) is 4.39 Å². The minimum atomic E-state index is -3.49. The van der Waals surface area contributed by atoms with E-state index in [9.17, 15) is 19.1 Å². The number of nitrogens with zero attached hydrogens (tertiary/aromatic N) is 2. The van der Waals surface area contributed by atoms with E-state index in [1.165, 1.54) is 48.7 Å². The number of alkyl halides is 2. The number of hydrogen-bond donors (Lipinski definition) is 4. The molecule has 1 saturated carbocycles. The molecule has 1 fully saturated rings. The fraction of sp³-hybridized carbons (Fsp3) is 0.256. The molecule has 11 heteroatoms. The maximum atomic E-state index is 16.3. The average molecular weight is 680 g/mol. The highest BCUT2D eigenvalue weighted by atomic mass is 19.3. The first-order chi connectivity index (χ1) is 24.0. The number of H-pyrrole nitrogens is 1. The van der Waals surface area contributed by atoms with Crippen LogP contribution in [0.4, 0.5) is 24.5 Å². The number of amides is 2. The largest absolute Gasteiger partial charge is 0.507 e. The Morgan fingerprint density at radius 1 is 1.04 bits per heavy atom. The molecule has 0 bridgehead atoms. The van der Waals surface area contributed by atoms with Crippen LogP contribution in [-0.4, -0.2) is 50.9 Å². The number of aromatic hydroxyl groups is 1. The highest BCUT2D eigenvalue weighted by Gasteiger charge is 2.49. The zero-order chi connectivity index (χ0) is 35.0. The molecule has 1 unspecified atom stereocenters. The Hall–Kier alpha value is -5.58. The number of para-hydroxylation sites is 2.